The lowest BCUT2D eigenvalue weighted by molar-refractivity contribution is 0.0697. The SMILES string of the molecule is CCOP(=O)(Cc1cnc2ccc(C(=O)O)cc2c1)OCC. The van der Waals surface area contributed by atoms with Gasteiger partial charge in [0.15, 0.2) is 0 Å². The quantitative estimate of drug-likeness (QED) is 0.782. The van der Waals surface area contributed by atoms with Crippen molar-refractivity contribution in [3.8, 4) is 0 Å². The molecule has 22 heavy (non-hydrogen) atoms. The molecule has 0 spiro atoms. The van der Waals surface area contributed by atoms with Crippen molar-refractivity contribution in [1.29, 1.82) is 0 Å². The molecule has 0 fully saturated rings. The number of fused-ring (bicyclic) bond motifs is 1. The summed E-state index contributed by atoms with van der Waals surface area (Å²) in [5, 5.41) is 9.71. The molecule has 0 aliphatic rings. The van der Waals surface area contributed by atoms with Crippen LogP contribution in [0.5, 0.6) is 0 Å². The lowest BCUT2D eigenvalue weighted by Crippen LogP contribution is -2.00. The van der Waals surface area contributed by atoms with E-state index in [1.807, 2.05) is 0 Å². The summed E-state index contributed by atoms with van der Waals surface area (Å²) < 4.78 is 23.0. The summed E-state index contributed by atoms with van der Waals surface area (Å²) in [6.45, 7) is 4.09. The van der Waals surface area contributed by atoms with Gasteiger partial charge in [-0.1, -0.05) is 0 Å². The number of carboxylic acids is 1. The fourth-order valence-electron chi connectivity index (χ4n) is 2.14. The van der Waals surface area contributed by atoms with E-state index < -0.39 is 13.6 Å². The zero-order valence-electron chi connectivity index (χ0n) is 12.5. The van der Waals surface area contributed by atoms with Crippen LogP contribution in [-0.2, 0) is 19.8 Å². The van der Waals surface area contributed by atoms with E-state index in [0.717, 1.165) is 0 Å². The molecule has 0 amide bonds. The Morgan fingerprint density at radius 3 is 2.50 bits per heavy atom. The first-order valence-corrected chi connectivity index (χ1v) is 8.70. The van der Waals surface area contributed by atoms with Crippen LogP contribution in [0.25, 0.3) is 10.9 Å². The van der Waals surface area contributed by atoms with Gasteiger partial charge < -0.3 is 14.2 Å². The van der Waals surface area contributed by atoms with E-state index in [9.17, 15) is 9.36 Å². The van der Waals surface area contributed by atoms with Crippen LogP contribution in [0.15, 0.2) is 30.5 Å². The molecule has 6 nitrogen and oxygen atoms in total. The molecule has 0 saturated carbocycles. The maximum absolute atomic E-state index is 12.5. The molecule has 2 rings (SSSR count). The Morgan fingerprint density at radius 1 is 1.23 bits per heavy atom. The van der Waals surface area contributed by atoms with Crippen molar-refractivity contribution in [2.75, 3.05) is 13.2 Å². The van der Waals surface area contributed by atoms with Gasteiger partial charge in [-0.15, -0.1) is 0 Å². The molecule has 1 aromatic carbocycles. The number of aromatic nitrogens is 1. The summed E-state index contributed by atoms with van der Waals surface area (Å²) in [5.41, 5.74) is 1.54. The van der Waals surface area contributed by atoms with Gasteiger partial charge >= 0.3 is 13.6 Å². The van der Waals surface area contributed by atoms with E-state index >= 15 is 0 Å². The third-order valence-electron chi connectivity index (χ3n) is 3.01. The molecular weight excluding hydrogens is 305 g/mol. The van der Waals surface area contributed by atoms with Gasteiger partial charge in [-0.2, -0.15) is 0 Å². The Labute approximate surface area is 128 Å². The average molecular weight is 323 g/mol. The van der Waals surface area contributed by atoms with Gasteiger partial charge in [0, 0.05) is 11.6 Å². The van der Waals surface area contributed by atoms with E-state index in [0.29, 0.717) is 29.7 Å². The van der Waals surface area contributed by atoms with Gasteiger partial charge in [-0.25, -0.2) is 4.79 Å². The molecule has 0 saturated heterocycles. The second-order valence-corrected chi connectivity index (χ2v) is 6.72. The number of carboxylic acid groups (broad SMARTS) is 1. The maximum Gasteiger partial charge on any atom is 0.335 e. The second-order valence-electron chi connectivity index (χ2n) is 4.66. The Kier molecular flexibility index (Phi) is 5.29. The molecular formula is C15H18NO5P. The number of carbonyl (C=O) groups is 1. The first-order chi connectivity index (χ1) is 10.5. The highest BCUT2D eigenvalue weighted by atomic mass is 31.2. The van der Waals surface area contributed by atoms with Crippen LogP contribution < -0.4 is 0 Å². The molecule has 0 radical (unpaired) electrons. The van der Waals surface area contributed by atoms with Crippen molar-refractivity contribution in [2.45, 2.75) is 20.0 Å². The van der Waals surface area contributed by atoms with Crippen molar-refractivity contribution < 1.29 is 23.5 Å². The minimum atomic E-state index is -3.21. The van der Waals surface area contributed by atoms with Crippen molar-refractivity contribution in [2.24, 2.45) is 0 Å². The molecule has 7 heteroatoms. The van der Waals surface area contributed by atoms with Gasteiger partial charge in [0.2, 0.25) is 0 Å². The van der Waals surface area contributed by atoms with E-state index in [-0.39, 0.29) is 11.7 Å². The molecule has 1 N–H and O–H groups in total. The smallest absolute Gasteiger partial charge is 0.335 e. The summed E-state index contributed by atoms with van der Waals surface area (Å²) in [6.07, 6.45) is 1.71. The highest BCUT2D eigenvalue weighted by Crippen LogP contribution is 2.51. The van der Waals surface area contributed by atoms with Crippen LogP contribution in [0.4, 0.5) is 0 Å². The summed E-state index contributed by atoms with van der Waals surface area (Å²) >= 11 is 0. The molecule has 0 atom stereocenters. The van der Waals surface area contributed by atoms with Crippen LogP contribution in [0.1, 0.15) is 29.8 Å². The number of hydrogen-bond acceptors (Lipinski definition) is 5. The highest BCUT2D eigenvalue weighted by molar-refractivity contribution is 7.53. The number of rotatable bonds is 7. The lowest BCUT2D eigenvalue weighted by atomic mass is 10.1. The number of pyridine rings is 1. The molecule has 0 aliphatic carbocycles. The fourth-order valence-corrected chi connectivity index (χ4v) is 3.81. The Morgan fingerprint density at radius 2 is 1.91 bits per heavy atom. The van der Waals surface area contributed by atoms with Gasteiger partial charge in [0.05, 0.1) is 30.5 Å². The zero-order valence-corrected chi connectivity index (χ0v) is 13.4. The lowest BCUT2D eigenvalue weighted by Gasteiger charge is -2.17. The number of nitrogens with zero attached hydrogens (tertiary/aromatic N) is 1. The summed E-state index contributed by atoms with van der Waals surface area (Å²) in [4.78, 5) is 15.3. The van der Waals surface area contributed by atoms with Crippen molar-refractivity contribution >= 4 is 24.5 Å². The molecule has 0 bridgehead atoms. The molecule has 118 valence electrons. The number of hydrogen-bond donors (Lipinski definition) is 1. The first kappa shape index (κ1) is 16.6. The Bertz CT molecular complexity index is 721. The van der Waals surface area contributed by atoms with Gasteiger partial charge in [-0.05, 0) is 43.7 Å². The first-order valence-electron chi connectivity index (χ1n) is 6.97. The standard InChI is InChI=1S/C15H18NO5P/c1-3-20-22(19,21-4-2)10-11-7-13-8-12(15(17)18)5-6-14(13)16-9-11/h5-9H,3-4,10H2,1-2H3,(H,17,18). The number of aromatic carboxylic acids is 1. The van der Waals surface area contributed by atoms with Crippen LogP contribution in [0, 0.1) is 0 Å². The van der Waals surface area contributed by atoms with Crippen molar-refractivity contribution in [3.05, 3.63) is 41.6 Å². The average Bonchev–Trinajstić information content (AvgIpc) is 2.46. The fraction of sp³-hybridized carbons (Fsp3) is 0.333. The van der Waals surface area contributed by atoms with Crippen LogP contribution in [-0.4, -0.2) is 29.3 Å². The van der Waals surface area contributed by atoms with Crippen molar-refractivity contribution in [1.82, 2.24) is 4.98 Å². The van der Waals surface area contributed by atoms with Gasteiger partial charge in [0.1, 0.15) is 0 Å². The van der Waals surface area contributed by atoms with Gasteiger partial charge in [0.25, 0.3) is 0 Å². The van der Waals surface area contributed by atoms with Gasteiger partial charge in [-0.3, -0.25) is 9.55 Å². The van der Waals surface area contributed by atoms with E-state index in [4.69, 9.17) is 14.2 Å². The molecule has 0 unspecified atom stereocenters. The molecule has 1 heterocycles. The minimum Gasteiger partial charge on any atom is -0.478 e. The predicted octanol–water partition coefficient (Wildman–Crippen LogP) is 3.70. The highest BCUT2D eigenvalue weighted by Gasteiger charge is 2.24. The minimum absolute atomic E-state index is 0.106. The predicted molar refractivity (Wildman–Crippen MR) is 83.3 cm³/mol. The topological polar surface area (TPSA) is 85.7 Å². The van der Waals surface area contributed by atoms with E-state index in [2.05, 4.69) is 4.98 Å². The molecule has 1 aromatic heterocycles. The summed E-state index contributed by atoms with van der Waals surface area (Å²) in [5.74, 6) is -0.999. The van der Waals surface area contributed by atoms with Crippen LogP contribution in [0.2, 0.25) is 0 Å². The summed E-state index contributed by atoms with van der Waals surface area (Å²) in [6, 6.07) is 6.45. The van der Waals surface area contributed by atoms with E-state index in [1.54, 1.807) is 38.2 Å². The Balaban J connectivity index is 2.35. The second kappa shape index (κ2) is 7.01. The third kappa shape index (κ3) is 3.91. The maximum atomic E-state index is 12.5. The largest absolute Gasteiger partial charge is 0.478 e. The number of benzene rings is 1. The summed E-state index contributed by atoms with van der Waals surface area (Å²) in [7, 11) is -3.21. The van der Waals surface area contributed by atoms with Crippen LogP contribution >= 0.6 is 7.60 Å². The van der Waals surface area contributed by atoms with E-state index in [1.165, 1.54) is 6.07 Å². The zero-order chi connectivity index (χ0) is 16.2. The molecule has 0 aliphatic heterocycles. The van der Waals surface area contributed by atoms with Crippen LogP contribution in [0.3, 0.4) is 0 Å². The van der Waals surface area contributed by atoms with Crippen molar-refractivity contribution in [3.63, 3.8) is 0 Å². The third-order valence-corrected chi connectivity index (χ3v) is 5.07. The Hall–Kier alpha value is -1.75. The molecule has 2 aromatic rings. The normalized spacial score (nSPS) is 11.7. The monoisotopic (exact) mass is 323 g/mol.